The topological polar surface area (TPSA) is 93.5 Å². The van der Waals surface area contributed by atoms with Crippen LogP contribution in [0.3, 0.4) is 0 Å². The molecule has 0 saturated carbocycles. The van der Waals surface area contributed by atoms with E-state index >= 15 is 0 Å². The van der Waals surface area contributed by atoms with Crippen LogP contribution in [0, 0.1) is 6.92 Å². The summed E-state index contributed by atoms with van der Waals surface area (Å²) in [6, 6.07) is 4.89. The maximum Gasteiger partial charge on any atom is 0.326 e. The Kier molecular flexibility index (Phi) is 7.54. The van der Waals surface area contributed by atoms with Crippen molar-refractivity contribution >= 4 is 12.3 Å². The third-order valence-corrected chi connectivity index (χ3v) is 3.87. The van der Waals surface area contributed by atoms with Gasteiger partial charge in [-0.3, -0.25) is 5.43 Å². The number of nitrogens with two attached hydrogens (primary N) is 1. The predicted octanol–water partition coefficient (Wildman–Crippen LogP) is 2.54. The van der Waals surface area contributed by atoms with Gasteiger partial charge >= 0.3 is 6.03 Å². The highest BCUT2D eigenvalue weighted by Crippen LogP contribution is 2.33. The lowest BCUT2D eigenvalue weighted by atomic mass is 9.85. The molecule has 0 aliphatic heterocycles. The summed E-state index contributed by atoms with van der Waals surface area (Å²) in [6.45, 7) is 4.07. The molecular formula is C17H27N3O3. The van der Waals surface area contributed by atoms with E-state index in [1.165, 1.54) is 0 Å². The van der Waals surface area contributed by atoms with Crippen LogP contribution in [0.15, 0.2) is 18.2 Å². The molecule has 1 atom stereocenters. The summed E-state index contributed by atoms with van der Waals surface area (Å²) in [7, 11) is 1.56. The van der Waals surface area contributed by atoms with Gasteiger partial charge in [0, 0.05) is 5.56 Å². The fourth-order valence-electron chi connectivity index (χ4n) is 2.59. The van der Waals surface area contributed by atoms with E-state index in [1.807, 2.05) is 25.1 Å². The molecule has 0 aromatic heterocycles. The van der Waals surface area contributed by atoms with Crippen molar-refractivity contribution in [1.29, 1.82) is 0 Å². The SMILES string of the molecule is CCCCCCC(C=O)(NNC(N)=O)c1cc(C)ccc1OC. The smallest absolute Gasteiger partial charge is 0.326 e. The van der Waals surface area contributed by atoms with Gasteiger partial charge in [-0.05, 0) is 19.4 Å². The van der Waals surface area contributed by atoms with Crippen molar-refractivity contribution in [1.82, 2.24) is 10.9 Å². The van der Waals surface area contributed by atoms with Gasteiger partial charge < -0.3 is 15.3 Å². The molecule has 1 aromatic rings. The minimum absolute atomic E-state index is 0.538. The highest BCUT2D eigenvalue weighted by molar-refractivity contribution is 5.74. The molecule has 0 heterocycles. The number of amides is 2. The number of ether oxygens (including phenoxy) is 1. The number of hydrogen-bond donors (Lipinski definition) is 3. The maximum absolute atomic E-state index is 12.0. The Balaban J connectivity index is 3.16. The molecular weight excluding hydrogens is 294 g/mol. The lowest BCUT2D eigenvalue weighted by Gasteiger charge is -2.31. The molecule has 1 aromatic carbocycles. The van der Waals surface area contributed by atoms with Gasteiger partial charge in [0.25, 0.3) is 0 Å². The first-order valence-corrected chi connectivity index (χ1v) is 7.93. The number of rotatable bonds is 10. The zero-order chi connectivity index (χ0) is 17.3. The summed E-state index contributed by atoms with van der Waals surface area (Å²) < 4.78 is 5.40. The first-order valence-electron chi connectivity index (χ1n) is 7.93. The van der Waals surface area contributed by atoms with E-state index in [9.17, 15) is 9.59 Å². The van der Waals surface area contributed by atoms with Crippen LogP contribution >= 0.6 is 0 Å². The van der Waals surface area contributed by atoms with E-state index in [1.54, 1.807) is 7.11 Å². The fraction of sp³-hybridized carbons (Fsp3) is 0.529. The highest BCUT2D eigenvalue weighted by atomic mass is 16.5. The summed E-state index contributed by atoms with van der Waals surface area (Å²) in [5.74, 6) is 0.594. The number of unbranched alkanes of at least 4 members (excludes halogenated alkanes) is 3. The van der Waals surface area contributed by atoms with E-state index in [4.69, 9.17) is 10.5 Å². The third-order valence-electron chi connectivity index (χ3n) is 3.87. The molecule has 1 rings (SSSR count). The maximum atomic E-state index is 12.0. The number of methoxy groups -OCH3 is 1. The van der Waals surface area contributed by atoms with Crippen molar-refractivity contribution in [2.75, 3.05) is 7.11 Å². The number of benzene rings is 1. The second-order valence-corrected chi connectivity index (χ2v) is 5.72. The van der Waals surface area contributed by atoms with E-state index < -0.39 is 11.6 Å². The van der Waals surface area contributed by atoms with Crippen LogP contribution in [0.25, 0.3) is 0 Å². The molecule has 0 bridgehead atoms. The average Bonchev–Trinajstić information content (AvgIpc) is 2.54. The Morgan fingerprint density at radius 1 is 1.35 bits per heavy atom. The molecule has 4 N–H and O–H groups in total. The molecule has 23 heavy (non-hydrogen) atoms. The summed E-state index contributed by atoms with van der Waals surface area (Å²) >= 11 is 0. The average molecular weight is 321 g/mol. The minimum atomic E-state index is -1.07. The first-order chi connectivity index (χ1) is 11.0. The fourth-order valence-corrected chi connectivity index (χ4v) is 2.59. The molecule has 0 fully saturated rings. The predicted molar refractivity (Wildman–Crippen MR) is 90.1 cm³/mol. The molecule has 0 aliphatic rings. The Bertz CT molecular complexity index is 534. The molecule has 6 nitrogen and oxygen atoms in total. The van der Waals surface area contributed by atoms with Gasteiger partial charge in [0.15, 0.2) is 0 Å². The molecule has 1 unspecified atom stereocenters. The van der Waals surface area contributed by atoms with Crippen molar-refractivity contribution in [2.45, 2.75) is 51.5 Å². The Morgan fingerprint density at radius 3 is 2.65 bits per heavy atom. The van der Waals surface area contributed by atoms with Gasteiger partial charge in [0.1, 0.15) is 17.6 Å². The van der Waals surface area contributed by atoms with E-state index in [0.717, 1.165) is 37.5 Å². The number of nitrogens with one attached hydrogen (secondary N) is 2. The lowest BCUT2D eigenvalue weighted by Crippen LogP contribution is -2.54. The Labute approximate surface area is 137 Å². The van der Waals surface area contributed by atoms with Crippen LogP contribution in [0.4, 0.5) is 4.79 Å². The van der Waals surface area contributed by atoms with Crippen molar-refractivity contribution in [3.63, 3.8) is 0 Å². The van der Waals surface area contributed by atoms with Crippen LogP contribution in [0.5, 0.6) is 5.75 Å². The minimum Gasteiger partial charge on any atom is -0.496 e. The second-order valence-electron chi connectivity index (χ2n) is 5.72. The Morgan fingerprint density at radius 2 is 2.09 bits per heavy atom. The molecule has 0 radical (unpaired) electrons. The highest BCUT2D eigenvalue weighted by Gasteiger charge is 2.34. The number of carbonyl (C=O) groups is 2. The first kappa shape index (κ1) is 19.0. The van der Waals surface area contributed by atoms with E-state index in [-0.39, 0.29) is 0 Å². The van der Waals surface area contributed by atoms with Crippen LogP contribution in [0.1, 0.15) is 50.2 Å². The second kappa shape index (κ2) is 9.15. The zero-order valence-corrected chi connectivity index (χ0v) is 14.1. The number of aldehydes is 1. The van der Waals surface area contributed by atoms with Gasteiger partial charge in [-0.1, -0.05) is 50.3 Å². The van der Waals surface area contributed by atoms with Gasteiger partial charge in [-0.25, -0.2) is 10.2 Å². The van der Waals surface area contributed by atoms with Gasteiger partial charge in [0.05, 0.1) is 7.11 Å². The molecule has 128 valence electrons. The molecule has 0 saturated heterocycles. The summed E-state index contributed by atoms with van der Waals surface area (Å²) in [5.41, 5.74) is 10.9. The van der Waals surface area contributed by atoms with Crippen molar-refractivity contribution in [3.8, 4) is 5.75 Å². The van der Waals surface area contributed by atoms with Crippen molar-refractivity contribution in [3.05, 3.63) is 29.3 Å². The summed E-state index contributed by atoms with van der Waals surface area (Å²) in [6.07, 6.45) is 5.41. The van der Waals surface area contributed by atoms with Gasteiger partial charge in [0.2, 0.25) is 0 Å². The number of carbonyl (C=O) groups excluding carboxylic acids is 2. The molecule has 2 amide bonds. The third kappa shape index (κ3) is 5.25. The standard InChI is InChI=1S/C17H27N3O3/c1-4-5-6-7-10-17(12-21,20-19-16(18)22)14-11-13(2)8-9-15(14)23-3/h8-9,11-12,20H,4-7,10H2,1-3H3,(H3,18,19,22). The quantitative estimate of drug-likeness (QED) is 0.351. The van der Waals surface area contributed by atoms with Crippen molar-refractivity contribution < 1.29 is 14.3 Å². The molecule has 0 aliphatic carbocycles. The summed E-state index contributed by atoms with van der Waals surface area (Å²) in [4.78, 5) is 23.1. The number of aryl methyl sites for hydroxylation is 1. The van der Waals surface area contributed by atoms with Crippen LogP contribution < -0.4 is 21.3 Å². The van der Waals surface area contributed by atoms with E-state index in [0.29, 0.717) is 17.7 Å². The molecule has 0 spiro atoms. The van der Waals surface area contributed by atoms with Crippen LogP contribution in [0.2, 0.25) is 0 Å². The van der Waals surface area contributed by atoms with Crippen molar-refractivity contribution in [2.24, 2.45) is 5.73 Å². The monoisotopic (exact) mass is 321 g/mol. The largest absolute Gasteiger partial charge is 0.496 e. The molecule has 6 heteroatoms. The zero-order valence-electron chi connectivity index (χ0n) is 14.1. The lowest BCUT2D eigenvalue weighted by molar-refractivity contribution is -0.114. The van der Waals surface area contributed by atoms with E-state index in [2.05, 4.69) is 17.8 Å². The number of hydrazine groups is 1. The Hall–Kier alpha value is -2.08. The van der Waals surface area contributed by atoms with Gasteiger partial charge in [-0.15, -0.1) is 0 Å². The van der Waals surface area contributed by atoms with Crippen LogP contribution in [-0.2, 0) is 10.3 Å². The summed E-state index contributed by atoms with van der Waals surface area (Å²) in [5, 5.41) is 0. The number of hydrogen-bond acceptors (Lipinski definition) is 4. The van der Waals surface area contributed by atoms with Gasteiger partial charge in [-0.2, -0.15) is 0 Å². The van der Waals surface area contributed by atoms with Crippen LogP contribution in [-0.4, -0.2) is 19.4 Å². The number of urea groups is 1. The number of primary amides is 1. The normalized spacial score (nSPS) is 13.2.